The zero-order chi connectivity index (χ0) is 15.1. The van der Waals surface area contributed by atoms with Crippen molar-refractivity contribution in [3.05, 3.63) is 35.9 Å². The van der Waals surface area contributed by atoms with Gasteiger partial charge < -0.3 is 15.0 Å². The van der Waals surface area contributed by atoms with Crippen LogP contribution in [0.4, 0.5) is 5.69 Å². The lowest BCUT2D eigenvalue weighted by atomic mass is 10.0. The van der Waals surface area contributed by atoms with Gasteiger partial charge in [-0.2, -0.15) is 0 Å². The molecule has 1 aliphatic rings. The molecule has 1 aromatic carbocycles. The van der Waals surface area contributed by atoms with Crippen molar-refractivity contribution >= 4 is 17.7 Å². The van der Waals surface area contributed by atoms with E-state index in [1.165, 1.54) is 0 Å². The highest BCUT2D eigenvalue weighted by Gasteiger charge is 2.13. The summed E-state index contributed by atoms with van der Waals surface area (Å²) in [7, 11) is 4.01. The number of carbonyl (C=O) groups excluding carboxylic acids is 1. The van der Waals surface area contributed by atoms with Gasteiger partial charge in [0.15, 0.2) is 0 Å². The van der Waals surface area contributed by atoms with Gasteiger partial charge in [0.25, 0.3) is 0 Å². The molecular formula is C17H24N2O2. The highest BCUT2D eigenvalue weighted by atomic mass is 16.5. The number of nitrogens with zero attached hydrogens (tertiary/aromatic N) is 1. The van der Waals surface area contributed by atoms with Crippen molar-refractivity contribution in [2.75, 3.05) is 38.8 Å². The number of amides is 1. The van der Waals surface area contributed by atoms with E-state index in [2.05, 4.69) is 5.32 Å². The molecule has 0 spiro atoms. The summed E-state index contributed by atoms with van der Waals surface area (Å²) >= 11 is 0. The monoisotopic (exact) mass is 288 g/mol. The topological polar surface area (TPSA) is 41.6 Å². The van der Waals surface area contributed by atoms with Crippen molar-refractivity contribution in [3.8, 4) is 0 Å². The van der Waals surface area contributed by atoms with Gasteiger partial charge in [0.05, 0.1) is 6.61 Å². The van der Waals surface area contributed by atoms with Crippen LogP contribution in [0.3, 0.4) is 0 Å². The molecule has 1 atom stereocenters. The molecule has 0 saturated carbocycles. The molecule has 0 aromatic heterocycles. The van der Waals surface area contributed by atoms with E-state index in [-0.39, 0.29) is 5.91 Å². The van der Waals surface area contributed by atoms with Gasteiger partial charge in [-0.3, -0.25) is 4.79 Å². The van der Waals surface area contributed by atoms with Crippen molar-refractivity contribution in [1.82, 2.24) is 5.32 Å². The minimum atomic E-state index is -0.0442. The maximum atomic E-state index is 11.8. The third kappa shape index (κ3) is 5.23. The molecule has 0 unspecified atom stereocenters. The molecule has 4 nitrogen and oxygen atoms in total. The lowest BCUT2D eigenvalue weighted by Gasteiger charge is -2.21. The van der Waals surface area contributed by atoms with Crippen molar-refractivity contribution in [2.24, 2.45) is 5.92 Å². The molecule has 1 aliphatic heterocycles. The second kappa shape index (κ2) is 7.84. The fraction of sp³-hybridized carbons (Fsp3) is 0.471. The first-order valence-electron chi connectivity index (χ1n) is 7.46. The fourth-order valence-electron chi connectivity index (χ4n) is 2.33. The maximum Gasteiger partial charge on any atom is 0.244 e. The summed E-state index contributed by atoms with van der Waals surface area (Å²) in [6, 6.07) is 8.09. The van der Waals surface area contributed by atoms with Crippen LogP contribution in [-0.2, 0) is 9.53 Å². The molecule has 0 radical (unpaired) electrons. The number of nitrogens with one attached hydrogen (secondary N) is 1. The van der Waals surface area contributed by atoms with Crippen molar-refractivity contribution in [3.63, 3.8) is 0 Å². The SMILES string of the molecule is CN(C)c1ccc(/C=C/C(=O)NC[C@H]2CCCOC2)cc1. The Hall–Kier alpha value is -1.81. The third-order valence-corrected chi connectivity index (χ3v) is 3.66. The Labute approximate surface area is 126 Å². The van der Waals surface area contributed by atoms with Crippen LogP contribution in [0.25, 0.3) is 6.08 Å². The largest absolute Gasteiger partial charge is 0.381 e. The fourth-order valence-corrected chi connectivity index (χ4v) is 2.33. The van der Waals surface area contributed by atoms with Crippen LogP contribution in [-0.4, -0.2) is 39.8 Å². The molecular weight excluding hydrogens is 264 g/mol. The van der Waals surface area contributed by atoms with Crippen LogP contribution >= 0.6 is 0 Å². The van der Waals surface area contributed by atoms with E-state index in [1.54, 1.807) is 6.08 Å². The molecule has 4 heteroatoms. The zero-order valence-electron chi connectivity index (χ0n) is 12.8. The summed E-state index contributed by atoms with van der Waals surface area (Å²) in [5.74, 6) is 0.410. The Morgan fingerprint density at radius 1 is 1.38 bits per heavy atom. The minimum Gasteiger partial charge on any atom is -0.381 e. The lowest BCUT2D eigenvalue weighted by Crippen LogP contribution is -2.32. The summed E-state index contributed by atoms with van der Waals surface area (Å²) in [5, 5.41) is 2.94. The molecule has 1 fully saturated rings. The predicted molar refractivity (Wildman–Crippen MR) is 86.4 cm³/mol. The van der Waals surface area contributed by atoms with Crippen LogP contribution in [0.15, 0.2) is 30.3 Å². The maximum absolute atomic E-state index is 11.8. The Balaban J connectivity index is 1.78. The van der Waals surface area contributed by atoms with Crippen LogP contribution in [0.5, 0.6) is 0 Å². The van der Waals surface area contributed by atoms with Crippen LogP contribution in [0.2, 0.25) is 0 Å². The summed E-state index contributed by atoms with van der Waals surface area (Å²) in [4.78, 5) is 13.8. The summed E-state index contributed by atoms with van der Waals surface area (Å²) in [6.07, 6.45) is 5.66. The Morgan fingerprint density at radius 2 is 2.14 bits per heavy atom. The number of rotatable bonds is 5. The molecule has 0 aliphatic carbocycles. The molecule has 0 bridgehead atoms. The Morgan fingerprint density at radius 3 is 2.76 bits per heavy atom. The number of hydrogen-bond donors (Lipinski definition) is 1. The number of benzene rings is 1. The molecule has 2 rings (SSSR count). The van der Waals surface area contributed by atoms with Crippen molar-refractivity contribution in [2.45, 2.75) is 12.8 Å². The molecule has 1 N–H and O–H groups in total. The number of hydrogen-bond acceptors (Lipinski definition) is 3. The number of ether oxygens (including phenoxy) is 1. The van der Waals surface area contributed by atoms with E-state index in [4.69, 9.17) is 4.74 Å². The number of anilines is 1. The quantitative estimate of drug-likeness (QED) is 0.845. The van der Waals surface area contributed by atoms with E-state index < -0.39 is 0 Å². The lowest BCUT2D eigenvalue weighted by molar-refractivity contribution is -0.116. The highest BCUT2D eigenvalue weighted by Crippen LogP contribution is 2.13. The first kappa shape index (κ1) is 15.6. The van der Waals surface area contributed by atoms with Crippen LogP contribution in [0.1, 0.15) is 18.4 Å². The Kier molecular flexibility index (Phi) is 5.81. The van der Waals surface area contributed by atoms with Gasteiger partial charge in [-0.1, -0.05) is 12.1 Å². The van der Waals surface area contributed by atoms with Gasteiger partial charge in [0.2, 0.25) is 5.91 Å². The summed E-state index contributed by atoms with van der Waals surface area (Å²) in [5.41, 5.74) is 2.17. The molecule has 1 amide bonds. The van der Waals surface area contributed by atoms with Crippen LogP contribution < -0.4 is 10.2 Å². The molecule has 1 heterocycles. The van der Waals surface area contributed by atoms with E-state index in [9.17, 15) is 4.79 Å². The second-order valence-corrected chi connectivity index (χ2v) is 5.65. The van der Waals surface area contributed by atoms with E-state index in [0.717, 1.165) is 37.3 Å². The van der Waals surface area contributed by atoms with Gasteiger partial charge in [-0.25, -0.2) is 0 Å². The van der Waals surface area contributed by atoms with Gasteiger partial charge in [-0.05, 0) is 42.5 Å². The Bertz CT molecular complexity index is 474. The standard InChI is InChI=1S/C17H24N2O2/c1-19(2)16-8-5-14(6-9-16)7-10-17(20)18-12-15-4-3-11-21-13-15/h5-10,15H,3-4,11-13H2,1-2H3,(H,18,20)/b10-7+/t15-/m1/s1. The molecule has 114 valence electrons. The van der Waals surface area contributed by atoms with E-state index in [0.29, 0.717) is 12.5 Å². The average Bonchev–Trinajstić information content (AvgIpc) is 2.52. The normalized spacial score (nSPS) is 18.7. The minimum absolute atomic E-state index is 0.0442. The summed E-state index contributed by atoms with van der Waals surface area (Å²) in [6.45, 7) is 2.31. The molecule has 21 heavy (non-hydrogen) atoms. The zero-order valence-corrected chi connectivity index (χ0v) is 12.8. The number of carbonyl (C=O) groups is 1. The first-order valence-corrected chi connectivity index (χ1v) is 7.46. The predicted octanol–water partition coefficient (Wildman–Crippen LogP) is 2.31. The van der Waals surface area contributed by atoms with E-state index >= 15 is 0 Å². The highest BCUT2D eigenvalue weighted by molar-refractivity contribution is 5.91. The summed E-state index contributed by atoms with van der Waals surface area (Å²) < 4.78 is 5.40. The van der Waals surface area contributed by atoms with Gasteiger partial charge in [0.1, 0.15) is 0 Å². The van der Waals surface area contributed by atoms with Crippen molar-refractivity contribution in [1.29, 1.82) is 0 Å². The smallest absolute Gasteiger partial charge is 0.244 e. The van der Waals surface area contributed by atoms with E-state index in [1.807, 2.05) is 49.3 Å². The molecule has 1 aromatic rings. The van der Waals surface area contributed by atoms with Gasteiger partial charge in [0, 0.05) is 39.0 Å². The second-order valence-electron chi connectivity index (χ2n) is 5.65. The van der Waals surface area contributed by atoms with Gasteiger partial charge >= 0.3 is 0 Å². The van der Waals surface area contributed by atoms with Gasteiger partial charge in [-0.15, -0.1) is 0 Å². The third-order valence-electron chi connectivity index (χ3n) is 3.66. The first-order chi connectivity index (χ1) is 10.1. The van der Waals surface area contributed by atoms with Crippen LogP contribution in [0, 0.1) is 5.92 Å². The van der Waals surface area contributed by atoms with Crippen molar-refractivity contribution < 1.29 is 9.53 Å². The molecule has 1 saturated heterocycles. The average molecular weight is 288 g/mol.